The van der Waals surface area contributed by atoms with E-state index < -0.39 is 0 Å². The molecule has 1 unspecified atom stereocenters. The van der Waals surface area contributed by atoms with Gasteiger partial charge in [-0.2, -0.15) is 0 Å². The van der Waals surface area contributed by atoms with E-state index >= 15 is 0 Å². The molecule has 0 spiro atoms. The predicted molar refractivity (Wildman–Crippen MR) is 68.8 cm³/mol. The quantitative estimate of drug-likeness (QED) is 0.838. The molecular formula is C12H19N3OS. The Morgan fingerprint density at radius 2 is 2.41 bits per heavy atom. The molecule has 17 heavy (non-hydrogen) atoms. The second-order valence-corrected chi connectivity index (χ2v) is 5.84. The van der Waals surface area contributed by atoms with Crippen molar-refractivity contribution in [3.8, 4) is 0 Å². The molecular weight excluding hydrogens is 234 g/mol. The van der Waals surface area contributed by atoms with Crippen molar-refractivity contribution >= 4 is 17.2 Å². The van der Waals surface area contributed by atoms with Gasteiger partial charge in [0.1, 0.15) is 5.01 Å². The average molecular weight is 253 g/mol. The van der Waals surface area contributed by atoms with Gasteiger partial charge in [-0.15, -0.1) is 11.3 Å². The summed E-state index contributed by atoms with van der Waals surface area (Å²) in [6, 6.07) is -0.0168. The molecule has 5 heteroatoms. The third kappa shape index (κ3) is 2.50. The summed E-state index contributed by atoms with van der Waals surface area (Å²) in [5, 5.41) is 3.99. The first kappa shape index (κ1) is 12.5. The minimum Gasteiger partial charge on any atom is -0.347 e. The first-order valence-corrected chi connectivity index (χ1v) is 6.88. The van der Waals surface area contributed by atoms with Gasteiger partial charge >= 0.3 is 0 Å². The minimum atomic E-state index is -0.279. The number of aryl methyl sites for hydroxylation is 1. The summed E-state index contributed by atoms with van der Waals surface area (Å²) < 4.78 is 0. The monoisotopic (exact) mass is 253 g/mol. The summed E-state index contributed by atoms with van der Waals surface area (Å²) >= 11 is 1.66. The van der Waals surface area contributed by atoms with Crippen molar-refractivity contribution < 1.29 is 4.79 Å². The molecule has 1 saturated carbocycles. The van der Waals surface area contributed by atoms with Crippen molar-refractivity contribution in [1.29, 1.82) is 0 Å². The van der Waals surface area contributed by atoms with Crippen LogP contribution in [-0.2, 0) is 11.2 Å². The Bertz CT molecular complexity index is 412. The molecule has 1 heterocycles. The van der Waals surface area contributed by atoms with Crippen molar-refractivity contribution in [1.82, 2.24) is 10.3 Å². The van der Waals surface area contributed by atoms with E-state index in [2.05, 4.69) is 17.2 Å². The largest absolute Gasteiger partial charge is 0.347 e. The summed E-state index contributed by atoms with van der Waals surface area (Å²) in [5.41, 5.74) is 5.36. The standard InChI is InChI=1S/C12H19N3OS/c1-3-9-6-14-10(17-9)8(2)15-11(16)12(7-13)4-5-12/h6,8H,3-5,7,13H2,1-2H3,(H,15,16). The maximum atomic E-state index is 12.0. The lowest BCUT2D eigenvalue weighted by Gasteiger charge is -2.16. The Morgan fingerprint density at radius 1 is 1.71 bits per heavy atom. The van der Waals surface area contributed by atoms with Gasteiger partial charge in [-0.3, -0.25) is 4.79 Å². The van der Waals surface area contributed by atoms with Gasteiger partial charge in [0.05, 0.1) is 11.5 Å². The summed E-state index contributed by atoms with van der Waals surface area (Å²) in [4.78, 5) is 17.6. The maximum Gasteiger partial charge on any atom is 0.228 e. The molecule has 2 rings (SSSR count). The van der Waals surface area contributed by atoms with E-state index in [-0.39, 0.29) is 17.4 Å². The summed E-state index contributed by atoms with van der Waals surface area (Å²) in [7, 11) is 0. The van der Waals surface area contributed by atoms with Crippen LogP contribution in [0.15, 0.2) is 6.20 Å². The SMILES string of the molecule is CCc1cnc(C(C)NC(=O)C2(CN)CC2)s1. The van der Waals surface area contributed by atoms with Gasteiger partial charge in [-0.1, -0.05) is 6.92 Å². The number of nitrogens with zero attached hydrogens (tertiary/aromatic N) is 1. The summed E-state index contributed by atoms with van der Waals surface area (Å²) in [6.45, 7) is 4.53. The van der Waals surface area contributed by atoms with E-state index in [1.54, 1.807) is 11.3 Å². The zero-order valence-corrected chi connectivity index (χ0v) is 11.1. The fourth-order valence-electron chi connectivity index (χ4n) is 1.77. The van der Waals surface area contributed by atoms with Gasteiger partial charge in [0.2, 0.25) is 5.91 Å². The third-order valence-electron chi connectivity index (χ3n) is 3.36. The molecule has 0 aliphatic heterocycles. The molecule has 1 amide bonds. The molecule has 94 valence electrons. The van der Waals surface area contributed by atoms with Gasteiger partial charge in [-0.05, 0) is 26.2 Å². The van der Waals surface area contributed by atoms with Gasteiger partial charge in [0.15, 0.2) is 0 Å². The van der Waals surface area contributed by atoms with E-state index in [4.69, 9.17) is 5.73 Å². The molecule has 1 atom stereocenters. The second-order valence-electron chi connectivity index (χ2n) is 4.70. The molecule has 0 aromatic carbocycles. The Labute approximate surface area is 106 Å². The Kier molecular flexibility index (Phi) is 3.49. The fourth-order valence-corrected chi connectivity index (χ4v) is 2.63. The van der Waals surface area contributed by atoms with Crippen molar-refractivity contribution in [3.05, 3.63) is 16.1 Å². The lowest BCUT2D eigenvalue weighted by atomic mass is 10.1. The highest BCUT2D eigenvalue weighted by Gasteiger charge is 2.48. The molecule has 1 aliphatic carbocycles. The van der Waals surface area contributed by atoms with Crippen LogP contribution in [0.4, 0.5) is 0 Å². The third-order valence-corrected chi connectivity index (χ3v) is 4.69. The minimum absolute atomic E-state index is 0.0168. The number of hydrogen-bond acceptors (Lipinski definition) is 4. The van der Waals surface area contributed by atoms with Gasteiger partial charge < -0.3 is 11.1 Å². The first-order valence-electron chi connectivity index (χ1n) is 6.07. The van der Waals surface area contributed by atoms with Crippen LogP contribution < -0.4 is 11.1 Å². The molecule has 0 saturated heterocycles. The van der Waals surface area contributed by atoms with Crippen LogP contribution in [0.25, 0.3) is 0 Å². The van der Waals surface area contributed by atoms with Gasteiger partial charge in [-0.25, -0.2) is 4.98 Å². The number of rotatable bonds is 5. The number of aromatic nitrogens is 1. The van der Waals surface area contributed by atoms with Gasteiger partial charge in [0, 0.05) is 17.6 Å². The highest BCUT2D eigenvalue weighted by Crippen LogP contribution is 2.45. The van der Waals surface area contributed by atoms with E-state index in [0.29, 0.717) is 6.54 Å². The number of thiazole rings is 1. The molecule has 1 fully saturated rings. The molecule has 1 aromatic heterocycles. The predicted octanol–water partition coefficient (Wildman–Crippen LogP) is 1.62. The van der Waals surface area contributed by atoms with Crippen LogP contribution in [-0.4, -0.2) is 17.4 Å². The molecule has 3 N–H and O–H groups in total. The van der Waals surface area contributed by atoms with Crippen molar-refractivity contribution in [3.63, 3.8) is 0 Å². The summed E-state index contributed by atoms with van der Waals surface area (Å²) in [6.07, 6.45) is 4.71. The highest BCUT2D eigenvalue weighted by molar-refractivity contribution is 7.11. The van der Waals surface area contributed by atoms with Gasteiger partial charge in [0.25, 0.3) is 0 Å². The number of nitrogens with two attached hydrogens (primary N) is 1. The number of amides is 1. The summed E-state index contributed by atoms with van der Waals surface area (Å²) in [5.74, 6) is 0.0840. The molecule has 0 bridgehead atoms. The highest BCUT2D eigenvalue weighted by atomic mass is 32.1. The first-order chi connectivity index (χ1) is 8.11. The lowest BCUT2D eigenvalue weighted by molar-refractivity contribution is -0.126. The van der Waals surface area contributed by atoms with E-state index in [9.17, 15) is 4.79 Å². The van der Waals surface area contributed by atoms with Crippen LogP contribution in [0.3, 0.4) is 0 Å². The average Bonchev–Trinajstić information content (AvgIpc) is 2.99. The van der Waals surface area contributed by atoms with Crippen molar-refractivity contribution in [2.24, 2.45) is 11.1 Å². The molecule has 0 radical (unpaired) electrons. The topological polar surface area (TPSA) is 68.0 Å². The Hall–Kier alpha value is -0.940. The normalized spacial score (nSPS) is 18.8. The second kappa shape index (κ2) is 4.74. The smallest absolute Gasteiger partial charge is 0.228 e. The fraction of sp³-hybridized carbons (Fsp3) is 0.667. The number of carbonyl (C=O) groups is 1. The zero-order chi connectivity index (χ0) is 12.5. The Morgan fingerprint density at radius 3 is 2.88 bits per heavy atom. The zero-order valence-electron chi connectivity index (χ0n) is 10.3. The van der Waals surface area contributed by atoms with Crippen LogP contribution >= 0.6 is 11.3 Å². The van der Waals surface area contributed by atoms with E-state index in [0.717, 1.165) is 24.3 Å². The van der Waals surface area contributed by atoms with E-state index in [1.165, 1.54) is 4.88 Å². The number of hydrogen-bond donors (Lipinski definition) is 2. The lowest BCUT2D eigenvalue weighted by Crippen LogP contribution is -2.37. The molecule has 1 aromatic rings. The number of carbonyl (C=O) groups excluding carboxylic acids is 1. The molecule has 1 aliphatic rings. The van der Waals surface area contributed by atoms with Crippen LogP contribution in [0.1, 0.15) is 42.6 Å². The van der Waals surface area contributed by atoms with Crippen molar-refractivity contribution in [2.45, 2.75) is 39.2 Å². The van der Waals surface area contributed by atoms with Crippen LogP contribution in [0, 0.1) is 5.41 Å². The number of nitrogens with one attached hydrogen (secondary N) is 1. The van der Waals surface area contributed by atoms with E-state index in [1.807, 2.05) is 13.1 Å². The maximum absolute atomic E-state index is 12.0. The van der Waals surface area contributed by atoms with Crippen LogP contribution in [0.5, 0.6) is 0 Å². The molecule has 4 nitrogen and oxygen atoms in total. The Balaban J connectivity index is 1.97. The van der Waals surface area contributed by atoms with Crippen LogP contribution in [0.2, 0.25) is 0 Å². The van der Waals surface area contributed by atoms with Crippen molar-refractivity contribution in [2.75, 3.05) is 6.54 Å².